The zero-order valence-electron chi connectivity index (χ0n) is 10.3. The summed E-state index contributed by atoms with van der Waals surface area (Å²) in [5.74, 6) is 0.734. The van der Waals surface area contributed by atoms with Gasteiger partial charge in [-0.15, -0.1) is 0 Å². The summed E-state index contributed by atoms with van der Waals surface area (Å²) < 4.78 is 2.95. The van der Waals surface area contributed by atoms with Crippen LogP contribution in [0.3, 0.4) is 0 Å². The monoisotopic (exact) mass is 317 g/mol. The molecule has 0 unspecified atom stereocenters. The normalized spacial score (nSPS) is 10.8. The van der Waals surface area contributed by atoms with Crippen molar-refractivity contribution in [3.05, 3.63) is 41.3 Å². The molecule has 1 aromatic carbocycles. The van der Waals surface area contributed by atoms with Gasteiger partial charge in [0.2, 0.25) is 0 Å². The van der Waals surface area contributed by atoms with Crippen molar-refractivity contribution < 1.29 is 0 Å². The highest BCUT2D eigenvalue weighted by molar-refractivity contribution is 9.10. The fourth-order valence-electron chi connectivity index (χ4n) is 1.91. The molecule has 0 atom stereocenters. The van der Waals surface area contributed by atoms with Gasteiger partial charge < -0.3 is 0 Å². The molecule has 0 spiro atoms. The molecule has 96 valence electrons. The van der Waals surface area contributed by atoms with Crippen molar-refractivity contribution in [2.45, 2.75) is 13.5 Å². The lowest BCUT2D eigenvalue weighted by Gasteiger charge is -2.00. The van der Waals surface area contributed by atoms with Gasteiger partial charge in [-0.3, -0.25) is 9.78 Å². The number of hydrogen-bond donors (Lipinski definition) is 1. The molecular weight excluding hydrogens is 306 g/mol. The number of H-pyrrole nitrogens is 1. The molecule has 0 aliphatic heterocycles. The van der Waals surface area contributed by atoms with E-state index in [1.165, 1.54) is 6.33 Å². The number of hydrogen-bond acceptors (Lipinski definition) is 3. The van der Waals surface area contributed by atoms with E-state index in [-0.39, 0.29) is 0 Å². The molecule has 6 heteroatoms. The van der Waals surface area contributed by atoms with Crippen molar-refractivity contribution in [3.63, 3.8) is 0 Å². The SMILES string of the molecule is CCn1cc(-c2ncn[nH]2)c(-c2ccc(Br)cc2)n1. The van der Waals surface area contributed by atoms with Crippen molar-refractivity contribution in [1.29, 1.82) is 0 Å². The number of nitrogens with one attached hydrogen (secondary N) is 1. The third-order valence-electron chi connectivity index (χ3n) is 2.87. The molecule has 19 heavy (non-hydrogen) atoms. The maximum absolute atomic E-state index is 4.60. The number of halogens is 1. The minimum Gasteiger partial charge on any atom is -0.272 e. The van der Waals surface area contributed by atoms with Gasteiger partial charge in [0.25, 0.3) is 0 Å². The van der Waals surface area contributed by atoms with Gasteiger partial charge in [0.1, 0.15) is 12.0 Å². The van der Waals surface area contributed by atoms with Gasteiger partial charge in [0, 0.05) is 22.8 Å². The summed E-state index contributed by atoms with van der Waals surface area (Å²) in [7, 11) is 0. The van der Waals surface area contributed by atoms with E-state index in [2.05, 4.69) is 43.1 Å². The first kappa shape index (κ1) is 12.1. The van der Waals surface area contributed by atoms with Crippen LogP contribution in [-0.2, 0) is 6.54 Å². The Morgan fingerprint density at radius 3 is 2.68 bits per heavy atom. The molecule has 0 aliphatic rings. The van der Waals surface area contributed by atoms with Gasteiger partial charge in [0.15, 0.2) is 5.82 Å². The third kappa shape index (κ3) is 2.31. The van der Waals surface area contributed by atoms with Crippen molar-refractivity contribution in [2.24, 2.45) is 0 Å². The Kier molecular flexibility index (Phi) is 3.16. The Morgan fingerprint density at radius 1 is 1.26 bits per heavy atom. The zero-order chi connectivity index (χ0) is 13.2. The van der Waals surface area contributed by atoms with E-state index in [9.17, 15) is 0 Å². The fraction of sp³-hybridized carbons (Fsp3) is 0.154. The maximum atomic E-state index is 4.60. The summed E-state index contributed by atoms with van der Waals surface area (Å²) >= 11 is 3.44. The van der Waals surface area contributed by atoms with Crippen LogP contribution in [0, 0.1) is 0 Å². The van der Waals surface area contributed by atoms with Gasteiger partial charge in [0.05, 0.1) is 5.56 Å². The molecule has 0 radical (unpaired) electrons. The molecular formula is C13H12BrN5. The van der Waals surface area contributed by atoms with Crippen LogP contribution in [-0.4, -0.2) is 25.0 Å². The predicted molar refractivity (Wildman–Crippen MR) is 76.4 cm³/mol. The van der Waals surface area contributed by atoms with Crippen molar-refractivity contribution in [3.8, 4) is 22.6 Å². The average Bonchev–Trinajstić information content (AvgIpc) is 3.08. The van der Waals surface area contributed by atoms with Crippen LogP contribution < -0.4 is 0 Å². The molecule has 2 aromatic heterocycles. The second-order valence-corrected chi connectivity index (χ2v) is 5.00. The van der Waals surface area contributed by atoms with Crippen molar-refractivity contribution >= 4 is 15.9 Å². The summed E-state index contributed by atoms with van der Waals surface area (Å²) in [6.07, 6.45) is 3.49. The second kappa shape index (κ2) is 4.97. The summed E-state index contributed by atoms with van der Waals surface area (Å²) in [5.41, 5.74) is 2.93. The van der Waals surface area contributed by atoms with Crippen LogP contribution in [0.1, 0.15) is 6.92 Å². The average molecular weight is 318 g/mol. The van der Waals surface area contributed by atoms with E-state index >= 15 is 0 Å². The Balaban J connectivity index is 2.14. The van der Waals surface area contributed by atoms with Crippen molar-refractivity contribution in [2.75, 3.05) is 0 Å². The van der Waals surface area contributed by atoms with Gasteiger partial charge in [-0.05, 0) is 19.1 Å². The summed E-state index contributed by atoms with van der Waals surface area (Å²) in [4.78, 5) is 4.21. The Bertz CT molecular complexity index is 670. The molecule has 0 fully saturated rings. The predicted octanol–water partition coefficient (Wildman–Crippen LogP) is 3.12. The molecule has 0 amide bonds. The van der Waals surface area contributed by atoms with Gasteiger partial charge >= 0.3 is 0 Å². The first-order chi connectivity index (χ1) is 9.28. The molecule has 3 aromatic rings. The molecule has 0 saturated heterocycles. The number of aryl methyl sites for hydroxylation is 1. The summed E-state index contributed by atoms with van der Waals surface area (Å²) in [6, 6.07) is 8.08. The first-order valence-corrected chi connectivity index (χ1v) is 6.76. The quantitative estimate of drug-likeness (QED) is 0.807. The Morgan fingerprint density at radius 2 is 2.05 bits per heavy atom. The van der Waals surface area contributed by atoms with Crippen LogP contribution in [0.25, 0.3) is 22.6 Å². The maximum Gasteiger partial charge on any atom is 0.159 e. The largest absolute Gasteiger partial charge is 0.272 e. The highest BCUT2D eigenvalue weighted by Gasteiger charge is 2.14. The number of nitrogens with zero attached hydrogens (tertiary/aromatic N) is 4. The van der Waals surface area contributed by atoms with E-state index in [0.717, 1.165) is 33.7 Å². The van der Waals surface area contributed by atoms with E-state index in [4.69, 9.17) is 0 Å². The number of benzene rings is 1. The van der Waals surface area contributed by atoms with E-state index in [1.807, 2.05) is 35.1 Å². The number of aromatic nitrogens is 5. The lowest BCUT2D eigenvalue weighted by molar-refractivity contribution is 0.662. The van der Waals surface area contributed by atoms with E-state index < -0.39 is 0 Å². The highest BCUT2D eigenvalue weighted by atomic mass is 79.9. The standard InChI is InChI=1S/C13H12BrN5/c1-2-19-7-11(13-15-8-16-17-13)12(18-19)9-3-5-10(14)6-4-9/h3-8H,2H2,1H3,(H,15,16,17). The smallest absolute Gasteiger partial charge is 0.159 e. The molecule has 5 nitrogen and oxygen atoms in total. The van der Waals surface area contributed by atoms with E-state index in [1.54, 1.807) is 0 Å². The van der Waals surface area contributed by atoms with Crippen LogP contribution >= 0.6 is 15.9 Å². The number of rotatable bonds is 3. The first-order valence-electron chi connectivity index (χ1n) is 5.97. The molecule has 0 saturated carbocycles. The van der Waals surface area contributed by atoms with Crippen LogP contribution in [0.2, 0.25) is 0 Å². The Hall–Kier alpha value is -1.95. The fourth-order valence-corrected chi connectivity index (χ4v) is 2.18. The lowest BCUT2D eigenvalue weighted by atomic mass is 10.1. The minimum atomic E-state index is 0.734. The van der Waals surface area contributed by atoms with Crippen molar-refractivity contribution in [1.82, 2.24) is 25.0 Å². The molecule has 0 aliphatic carbocycles. The third-order valence-corrected chi connectivity index (χ3v) is 3.40. The zero-order valence-corrected chi connectivity index (χ0v) is 11.9. The molecule has 0 bridgehead atoms. The molecule has 1 N–H and O–H groups in total. The lowest BCUT2D eigenvalue weighted by Crippen LogP contribution is -1.93. The molecule has 3 rings (SSSR count). The minimum absolute atomic E-state index is 0.734. The van der Waals surface area contributed by atoms with E-state index in [0.29, 0.717) is 0 Å². The Labute approximate surface area is 118 Å². The summed E-state index contributed by atoms with van der Waals surface area (Å²) in [6.45, 7) is 2.88. The molecule has 2 heterocycles. The van der Waals surface area contributed by atoms with Gasteiger partial charge in [-0.2, -0.15) is 10.2 Å². The second-order valence-electron chi connectivity index (χ2n) is 4.09. The highest BCUT2D eigenvalue weighted by Crippen LogP contribution is 2.29. The van der Waals surface area contributed by atoms with Crippen LogP contribution in [0.4, 0.5) is 0 Å². The summed E-state index contributed by atoms with van der Waals surface area (Å²) in [5, 5.41) is 11.4. The van der Waals surface area contributed by atoms with Crippen LogP contribution in [0.15, 0.2) is 41.3 Å². The van der Waals surface area contributed by atoms with Gasteiger partial charge in [-0.1, -0.05) is 28.1 Å². The topological polar surface area (TPSA) is 59.4 Å². The number of aromatic amines is 1. The van der Waals surface area contributed by atoms with Crippen LogP contribution in [0.5, 0.6) is 0 Å². The van der Waals surface area contributed by atoms with Gasteiger partial charge in [-0.25, -0.2) is 4.98 Å².